The summed E-state index contributed by atoms with van der Waals surface area (Å²) in [5.41, 5.74) is 1.07. The molecule has 0 bridgehead atoms. The van der Waals surface area contributed by atoms with Gasteiger partial charge in [-0.3, -0.25) is 4.68 Å². The Morgan fingerprint density at radius 1 is 1.47 bits per heavy atom. The Bertz CT molecular complexity index is 365. The molecule has 0 spiro atoms. The van der Waals surface area contributed by atoms with E-state index >= 15 is 0 Å². The lowest BCUT2D eigenvalue weighted by atomic mass is 10.1. The van der Waals surface area contributed by atoms with Crippen LogP contribution >= 0.6 is 0 Å². The van der Waals surface area contributed by atoms with Crippen LogP contribution in [0.15, 0.2) is 12.4 Å². The summed E-state index contributed by atoms with van der Waals surface area (Å²) in [6, 6.07) is 0.0859. The highest BCUT2D eigenvalue weighted by Crippen LogP contribution is 2.14. The minimum Gasteiger partial charge on any atom is -0.372 e. The zero-order valence-corrected chi connectivity index (χ0v) is 11.2. The molecule has 19 heavy (non-hydrogen) atoms. The number of alkyl halides is 3. The zero-order valence-electron chi connectivity index (χ0n) is 11.2. The second-order valence-corrected chi connectivity index (χ2v) is 4.35. The molecule has 0 aliphatic carbocycles. The second kappa shape index (κ2) is 7.49. The molecule has 1 atom stereocenters. The maximum absolute atomic E-state index is 11.9. The first kappa shape index (κ1) is 16.0. The number of rotatable bonds is 8. The Labute approximate surface area is 110 Å². The van der Waals surface area contributed by atoms with Gasteiger partial charge >= 0.3 is 6.18 Å². The normalized spacial score (nSPS) is 13.7. The van der Waals surface area contributed by atoms with E-state index in [-0.39, 0.29) is 12.6 Å². The summed E-state index contributed by atoms with van der Waals surface area (Å²) in [7, 11) is 1.79. The van der Waals surface area contributed by atoms with Crippen LogP contribution in [0.2, 0.25) is 0 Å². The van der Waals surface area contributed by atoms with Gasteiger partial charge < -0.3 is 10.1 Å². The predicted octanol–water partition coefficient (Wildman–Crippen LogP) is 2.00. The molecular formula is C12H20F3N3O. The molecule has 0 aliphatic rings. The van der Waals surface area contributed by atoms with E-state index in [0.717, 1.165) is 18.5 Å². The van der Waals surface area contributed by atoms with Gasteiger partial charge in [-0.2, -0.15) is 18.3 Å². The Kier molecular flexibility index (Phi) is 6.30. The fourth-order valence-electron chi connectivity index (χ4n) is 1.73. The third-order valence-electron chi connectivity index (χ3n) is 2.78. The number of nitrogens with zero attached hydrogens (tertiary/aromatic N) is 2. The third-order valence-corrected chi connectivity index (χ3v) is 2.78. The van der Waals surface area contributed by atoms with Crippen LogP contribution < -0.4 is 5.32 Å². The van der Waals surface area contributed by atoms with Crippen LogP contribution in [0, 0.1) is 0 Å². The van der Waals surface area contributed by atoms with Crippen molar-refractivity contribution in [1.82, 2.24) is 15.1 Å². The largest absolute Gasteiger partial charge is 0.411 e. The summed E-state index contributed by atoms with van der Waals surface area (Å²) in [4.78, 5) is 0. The molecule has 0 fully saturated rings. The molecular weight excluding hydrogens is 259 g/mol. The fourth-order valence-corrected chi connectivity index (χ4v) is 1.73. The smallest absolute Gasteiger partial charge is 0.372 e. The standard InChI is InChI=1S/C12H20F3N3O/c1-3-18-8-10(7-17-18)6-11(16-2)4-5-19-9-12(13,14)15/h7-8,11,16H,3-6,9H2,1-2H3. The van der Waals surface area contributed by atoms with E-state index in [1.807, 2.05) is 17.8 Å². The highest BCUT2D eigenvalue weighted by Gasteiger charge is 2.27. The van der Waals surface area contributed by atoms with Crippen LogP contribution in [0.25, 0.3) is 0 Å². The Hall–Kier alpha value is -1.08. The Balaban J connectivity index is 2.29. The van der Waals surface area contributed by atoms with E-state index in [1.54, 1.807) is 13.2 Å². The van der Waals surface area contributed by atoms with Crippen molar-refractivity contribution in [1.29, 1.82) is 0 Å². The maximum Gasteiger partial charge on any atom is 0.411 e. The summed E-state index contributed by atoms with van der Waals surface area (Å²) in [6.07, 6.45) is 0.735. The maximum atomic E-state index is 11.9. The summed E-state index contributed by atoms with van der Waals surface area (Å²) < 4.78 is 42.1. The number of ether oxygens (including phenoxy) is 1. The third kappa shape index (κ3) is 6.58. The number of aryl methyl sites for hydroxylation is 1. The van der Waals surface area contributed by atoms with Gasteiger partial charge in [0.25, 0.3) is 0 Å². The molecule has 0 aromatic carbocycles. The van der Waals surface area contributed by atoms with Gasteiger partial charge in [0.15, 0.2) is 0 Å². The molecule has 110 valence electrons. The number of likely N-dealkylation sites (N-methyl/N-ethyl adjacent to an activating group) is 1. The fraction of sp³-hybridized carbons (Fsp3) is 0.750. The summed E-state index contributed by atoms with van der Waals surface area (Å²) in [6.45, 7) is 1.71. The van der Waals surface area contributed by atoms with Crippen molar-refractivity contribution in [2.45, 2.75) is 38.5 Å². The van der Waals surface area contributed by atoms with Crippen LogP contribution in [0.3, 0.4) is 0 Å². The summed E-state index contributed by atoms with van der Waals surface area (Å²) >= 11 is 0. The van der Waals surface area contributed by atoms with Gasteiger partial charge in [0.05, 0.1) is 6.20 Å². The van der Waals surface area contributed by atoms with E-state index in [9.17, 15) is 13.2 Å². The van der Waals surface area contributed by atoms with Crippen molar-refractivity contribution in [3.8, 4) is 0 Å². The molecule has 1 unspecified atom stereocenters. The summed E-state index contributed by atoms with van der Waals surface area (Å²) in [5, 5.41) is 7.24. The van der Waals surface area contributed by atoms with Gasteiger partial charge in [-0.25, -0.2) is 0 Å². The average molecular weight is 279 g/mol. The molecule has 1 rings (SSSR count). The molecule has 1 aromatic heterocycles. The lowest BCUT2D eigenvalue weighted by Crippen LogP contribution is -2.29. The van der Waals surface area contributed by atoms with Crippen molar-refractivity contribution < 1.29 is 17.9 Å². The summed E-state index contributed by atoms with van der Waals surface area (Å²) in [5.74, 6) is 0. The van der Waals surface area contributed by atoms with E-state index in [2.05, 4.69) is 15.2 Å². The van der Waals surface area contributed by atoms with Crippen LogP contribution in [-0.4, -0.2) is 42.3 Å². The van der Waals surface area contributed by atoms with Gasteiger partial charge in [0.1, 0.15) is 6.61 Å². The Morgan fingerprint density at radius 3 is 2.74 bits per heavy atom. The molecule has 0 radical (unpaired) electrons. The molecule has 0 saturated carbocycles. The second-order valence-electron chi connectivity index (χ2n) is 4.35. The first-order valence-corrected chi connectivity index (χ1v) is 6.27. The molecule has 0 aliphatic heterocycles. The molecule has 0 amide bonds. The minimum atomic E-state index is -4.25. The van der Waals surface area contributed by atoms with E-state index in [4.69, 9.17) is 0 Å². The molecule has 1 aromatic rings. The molecule has 7 heteroatoms. The van der Waals surface area contributed by atoms with Gasteiger partial charge in [-0.1, -0.05) is 0 Å². The minimum absolute atomic E-state index is 0.0859. The first-order valence-electron chi connectivity index (χ1n) is 6.27. The number of aromatic nitrogens is 2. The van der Waals surface area contributed by atoms with Gasteiger partial charge in [-0.15, -0.1) is 0 Å². The number of halogens is 3. The highest BCUT2D eigenvalue weighted by atomic mass is 19.4. The van der Waals surface area contributed by atoms with Crippen molar-refractivity contribution in [2.24, 2.45) is 0 Å². The molecule has 1 heterocycles. The van der Waals surface area contributed by atoms with Gasteiger partial charge in [0, 0.05) is 25.4 Å². The highest BCUT2D eigenvalue weighted by molar-refractivity contribution is 5.06. The molecule has 0 saturated heterocycles. The average Bonchev–Trinajstić information content (AvgIpc) is 2.79. The van der Waals surface area contributed by atoms with Gasteiger partial charge in [0.2, 0.25) is 0 Å². The first-order chi connectivity index (χ1) is 8.94. The number of nitrogens with one attached hydrogen (secondary N) is 1. The number of hydrogen-bond donors (Lipinski definition) is 1. The quantitative estimate of drug-likeness (QED) is 0.740. The van der Waals surface area contributed by atoms with E-state index in [1.165, 1.54) is 0 Å². The van der Waals surface area contributed by atoms with Crippen molar-refractivity contribution >= 4 is 0 Å². The predicted molar refractivity (Wildman–Crippen MR) is 65.9 cm³/mol. The van der Waals surface area contributed by atoms with Crippen LogP contribution in [-0.2, 0) is 17.7 Å². The molecule has 1 N–H and O–H groups in total. The van der Waals surface area contributed by atoms with E-state index in [0.29, 0.717) is 6.42 Å². The SMILES string of the molecule is CCn1cc(CC(CCOCC(F)(F)F)NC)cn1. The topological polar surface area (TPSA) is 39.1 Å². The van der Waals surface area contributed by atoms with Crippen LogP contribution in [0.4, 0.5) is 13.2 Å². The van der Waals surface area contributed by atoms with Crippen LogP contribution in [0.1, 0.15) is 18.9 Å². The lowest BCUT2D eigenvalue weighted by molar-refractivity contribution is -0.174. The van der Waals surface area contributed by atoms with Crippen molar-refractivity contribution in [2.75, 3.05) is 20.3 Å². The Morgan fingerprint density at radius 2 is 2.21 bits per heavy atom. The number of hydrogen-bond acceptors (Lipinski definition) is 3. The van der Waals surface area contributed by atoms with E-state index < -0.39 is 12.8 Å². The monoisotopic (exact) mass is 279 g/mol. The lowest BCUT2D eigenvalue weighted by Gasteiger charge is -2.15. The van der Waals surface area contributed by atoms with Crippen molar-refractivity contribution in [3.05, 3.63) is 18.0 Å². The zero-order chi connectivity index (χ0) is 14.3. The van der Waals surface area contributed by atoms with Crippen molar-refractivity contribution in [3.63, 3.8) is 0 Å². The molecule has 4 nitrogen and oxygen atoms in total. The van der Waals surface area contributed by atoms with Gasteiger partial charge in [-0.05, 0) is 32.4 Å². The van der Waals surface area contributed by atoms with Crippen LogP contribution in [0.5, 0.6) is 0 Å².